The van der Waals surface area contributed by atoms with Gasteiger partial charge in [-0.3, -0.25) is 4.79 Å². The highest BCUT2D eigenvalue weighted by atomic mass is 19.1. The van der Waals surface area contributed by atoms with Crippen molar-refractivity contribution < 1.29 is 19.4 Å². The first-order valence-corrected chi connectivity index (χ1v) is 12.0. The Hall–Kier alpha value is -2.60. The lowest BCUT2D eigenvalue weighted by molar-refractivity contribution is -0.137. The quantitative estimate of drug-likeness (QED) is 0.406. The molecule has 1 aliphatic rings. The number of carbonyl (C=O) groups is 1. The van der Waals surface area contributed by atoms with Crippen molar-refractivity contribution in [1.82, 2.24) is 0 Å². The molecule has 33 heavy (non-hydrogen) atoms. The zero-order valence-corrected chi connectivity index (χ0v) is 20.0. The van der Waals surface area contributed by atoms with E-state index in [-0.39, 0.29) is 24.2 Å². The first kappa shape index (κ1) is 25.0. The van der Waals surface area contributed by atoms with Gasteiger partial charge in [0.1, 0.15) is 5.82 Å². The minimum atomic E-state index is -0.916. The summed E-state index contributed by atoms with van der Waals surface area (Å²) in [6.45, 7) is 6.01. The van der Waals surface area contributed by atoms with E-state index in [1.807, 2.05) is 19.1 Å². The second-order valence-electron chi connectivity index (χ2n) is 9.90. The van der Waals surface area contributed by atoms with Gasteiger partial charge in [-0.2, -0.15) is 0 Å². The fraction of sp³-hybridized carbons (Fsp3) is 0.519. The highest BCUT2D eigenvalue weighted by Gasteiger charge is 2.30. The average Bonchev–Trinajstić information content (AvgIpc) is 2.76. The molecule has 4 N–H and O–H groups in total. The third-order valence-electron chi connectivity index (χ3n) is 6.63. The molecule has 0 bridgehead atoms. The lowest BCUT2D eigenvalue weighted by Gasteiger charge is -2.41. The van der Waals surface area contributed by atoms with E-state index in [1.165, 1.54) is 18.6 Å². The van der Waals surface area contributed by atoms with Crippen LogP contribution in [-0.4, -0.2) is 34.4 Å². The van der Waals surface area contributed by atoms with Gasteiger partial charge in [-0.25, -0.2) is 4.39 Å². The maximum Gasteiger partial charge on any atom is 0.303 e. The van der Waals surface area contributed by atoms with Crippen molar-refractivity contribution in [2.24, 2.45) is 0 Å². The van der Waals surface area contributed by atoms with Crippen molar-refractivity contribution in [2.45, 2.75) is 83.3 Å². The van der Waals surface area contributed by atoms with Gasteiger partial charge in [-0.1, -0.05) is 44.4 Å². The summed E-state index contributed by atoms with van der Waals surface area (Å²) >= 11 is 0. The molecular formula is C27H37FN2O3. The van der Waals surface area contributed by atoms with Crippen LogP contribution < -0.4 is 10.6 Å². The Labute approximate surface area is 196 Å². The van der Waals surface area contributed by atoms with Crippen LogP contribution in [0.1, 0.15) is 77.2 Å². The fourth-order valence-electron chi connectivity index (χ4n) is 5.04. The predicted octanol–water partition coefficient (Wildman–Crippen LogP) is 5.95. The maximum atomic E-state index is 13.7. The molecule has 3 rings (SSSR count). The number of anilines is 2. The number of benzene rings is 2. The Morgan fingerprint density at radius 1 is 1.15 bits per heavy atom. The second kappa shape index (κ2) is 10.6. The summed E-state index contributed by atoms with van der Waals surface area (Å²) in [5.41, 5.74) is 9.65. The van der Waals surface area contributed by atoms with Gasteiger partial charge in [0.05, 0.1) is 12.0 Å². The first-order valence-electron chi connectivity index (χ1n) is 12.0. The van der Waals surface area contributed by atoms with E-state index in [0.717, 1.165) is 48.1 Å². The topological polar surface area (TPSA) is 86.8 Å². The SMILES string of the molecule is CC[C@@H](CC(=O)O)c1ccc(N(CC(C)(C)O)C2CCCCC2)c(-c2ccc(F)cc2)c1N. The van der Waals surface area contributed by atoms with Gasteiger partial charge >= 0.3 is 5.97 Å². The van der Waals surface area contributed by atoms with E-state index in [2.05, 4.69) is 4.90 Å². The number of carboxylic acid groups (broad SMARTS) is 1. The maximum absolute atomic E-state index is 13.7. The number of halogens is 1. The van der Waals surface area contributed by atoms with Gasteiger partial charge in [0.25, 0.3) is 0 Å². The summed E-state index contributed by atoms with van der Waals surface area (Å²) in [6.07, 6.45) is 6.22. The van der Waals surface area contributed by atoms with Gasteiger partial charge in [0.2, 0.25) is 0 Å². The second-order valence-corrected chi connectivity index (χ2v) is 9.90. The normalized spacial score (nSPS) is 15.9. The smallest absolute Gasteiger partial charge is 0.303 e. The van der Waals surface area contributed by atoms with Crippen molar-refractivity contribution >= 4 is 17.3 Å². The Balaban J connectivity index is 2.20. The molecular weight excluding hydrogens is 419 g/mol. The number of nitrogens with zero attached hydrogens (tertiary/aromatic N) is 1. The monoisotopic (exact) mass is 456 g/mol. The van der Waals surface area contributed by atoms with E-state index in [4.69, 9.17) is 5.73 Å². The van der Waals surface area contributed by atoms with Crippen molar-refractivity contribution in [2.75, 3.05) is 17.2 Å². The van der Waals surface area contributed by atoms with Gasteiger partial charge in [0, 0.05) is 29.5 Å². The summed E-state index contributed by atoms with van der Waals surface area (Å²) in [5.74, 6) is -1.40. The average molecular weight is 457 g/mol. The third kappa shape index (κ3) is 6.26. The van der Waals surface area contributed by atoms with Crippen LogP contribution in [0.25, 0.3) is 11.1 Å². The first-order chi connectivity index (χ1) is 15.6. The van der Waals surface area contributed by atoms with E-state index >= 15 is 0 Å². The summed E-state index contributed by atoms with van der Waals surface area (Å²) in [5, 5.41) is 20.1. The largest absolute Gasteiger partial charge is 0.481 e. The lowest BCUT2D eigenvalue weighted by atomic mass is 9.86. The van der Waals surface area contributed by atoms with Crippen molar-refractivity contribution in [3.05, 3.63) is 47.8 Å². The van der Waals surface area contributed by atoms with Gasteiger partial charge < -0.3 is 20.8 Å². The van der Waals surface area contributed by atoms with Crippen LogP contribution in [0.15, 0.2) is 36.4 Å². The Morgan fingerprint density at radius 3 is 2.33 bits per heavy atom. The van der Waals surface area contributed by atoms with Crippen LogP contribution in [0.2, 0.25) is 0 Å². The zero-order chi connectivity index (χ0) is 24.2. The molecule has 5 nitrogen and oxygen atoms in total. The van der Waals surface area contributed by atoms with Crippen molar-refractivity contribution in [3.63, 3.8) is 0 Å². The summed E-state index contributed by atoms with van der Waals surface area (Å²) in [7, 11) is 0. The molecule has 0 radical (unpaired) electrons. The van der Waals surface area contributed by atoms with E-state index in [0.29, 0.717) is 18.7 Å². The van der Waals surface area contributed by atoms with E-state index < -0.39 is 11.6 Å². The van der Waals surface area contributed by atoms with E-state index in [9.17, 15) is 19.4 Å². The zero-order valence-electron chi connectivity index (χ0n) is 20.0. The standard InChI is InChI=1S/C27H37FN2O3/c1-4-18(16-24(31)32)22-14-15-23(25(26(22)29)19-10-12-20(28)13-11-19)30(17-27(2,3)33)21-8-6-5-7-9-21/h10-15,18,21,33H,4-9,16-17,29H2,1-3H3,(H,31,32)/t18-/m0/s1. The van der Waals surface area contributed by atoms with Crippen LogP contribution in [0, 0.1) is 5.82 Å². The lowest BCUT2D eigenvalue weighted by Crippen LogP contribution is -2.45. The number of nitrogens with two attached hydrogens (primary N) is 1. The Kier molecular flexibility index (Phi) is 8.01. The van der Waals surface area contributed by atoms with Gasteiger partial charge in [0.15, 0.2) is 0 Å². The van der Waals surface area contributed by atoms with Crippen LogP contribution in [0.4, 0.5) is 15.8 Å². The van der Waals surface area contributed by atoms with Crippen LogP contribution in [0.3, 0.4) is 0 Å². The Bertz CT molecular complexity index is 947. The van der Waals surface area contributed by atoms with Crippen LogP contribution in [0.5, 0.6) is 0 Å². The number of rotatable bonds is 9. The molecule has 0 aliphatic heterocycles. The number of nitrogen functional groups attached to an aromatic ring is 1. The molecule has 1 atom stereocenters. The molecule has 6 heteroatoms. The molecule has 0 aromatic heterocycles. The minimum Gasteiger partial charge on any atom is -0.481 e. The summed E-state index contributed by atoms with van der Waals surface area (Å²) in [4.78, 5) is 13.7. The van der Waals surface area contributed by atoms with Gasteiger partial charge in [-0.15, -0.1) is 0 Å². The van der Waals surface area contributed by atoms with Gasteiger partial charge in [-0.05, 0) is 68.4 Å². The molecule has 0 unspecified atom stereocenters. The fourth-order valence-corrected chi connectivity index (χ4v) is 5.04. The third-order valence-corrected chi connectivity index (χ3v) is 6.63. The predicted molar refractivity (Wildman–Crippen MR) is 132 cm³/mol. The van der Waals surface area contributed by atoms with Crippen molar-refractivity contribution in [3.8, 4) is 11.1 Å². The van der Waals surface area contributed by atoms with Crippen LogP contribution in [-0.2, 0) is 4.79 Å². The Morgan fingerprint density at radius 2 is 1.79 bits per heavy atom. The molecule has 180 valence electrons. The molecule has 1 saturated carbocycles. The summed E-state index contributed by atoms with van der Waals surface area (Å²) < 4.78 is 13.7. The molecule has 1 fully saturated rings. The molecule has 1 aliphatic carbocycles. The highest BCUT2D eigenvalue weighted by molar-refractivity contribution is 5.90. The number of carboxylic acids is 1. The van der Waals surface area contributed by atoms with E-state index in [1.54, 1.807) is 26.0 Å². The summed E-state index contributed by atoms with van der Waals surface area (Å²) in [6, 6.07) is 10.5. The molecule has 0 spiro atoms. The van der Waals surface area contributed by atoms with Crippen molar-refractivity contribution in [1.29, 1.82) is 0 Å². The molecule has 0 saturated heterocycles. The minimum absolute atomic E-state index is 0.00108. The number of aliphatic hydroxyl groups is 1. The molecule has 2 aromatic rings. The highest BCUT2D eigenvalue weighted by Crippen LogP contribution is 2.44. The molecule has 2 aromatic carbocycles. The molecule has 0 heterocycles. The molecule has 0 amide bonds. The number of hydrogen-bond donors (Lipinski definition) is 3. The number of hydrogen-bond acceptors (Lipinski definition) is 4. The number of aliphatic carboxylic acids is 1. The van der Waals surface area contributed by atoms with Crippen LogP contribution >= 0.6 is 0 Å².